The molecule has 1 aliphatic rings. The van der Waals surface area contributed by atoms with Crippen molar-refractivity contribution in [1.29, 1.82) is 0 Å². The van der Waals surface area contributed by atoms with Crippen LogP contribution in [-0.2, 0) is 5.41 Å². The van der Waals surface area contributed by atoms with Gasteiger partial charge in [0.25, 0.3) is 0 Å². The third-order valence-electron chi connectivity index (χ3n) is 4.24. The summed E-state index contributed by atoms with van der Waals surface area (Å²) in [6.07, 6.45) is 5.87. The van der Waals surface area contributed by atoms with Gasteiger partial charge < -0.3 is 4.74 Å². The SMILES string of the molecule is CCOc1cncc(C(NN)C2(c3ccccc3)CC2)c1. The van der Waals surface area contributed by atoms with Crippen LogP contribution in [0.4, 0.5) is 0 Å². The maximum Gasteiger partial charge on any atom is 0.137 e. The Bertz CT molecular complexity index is 596. The Morgan fingerprint density at radius 1 is 1.29 bits per heavy atom. The molecule has 0 saturated heterocycles. The zero-order valence-corrected chi connectivity index (χ0v) is 12.3. The van der Waals surface area contributed by atoms with E-state index in [9.17, 15) is 0 Å². The van der Waals surface area contributed by atoms with Gasteiger partial charge in [-0.15, -0.1) is 0 Å². The fourth-order valence-corrected chi connectivity index (χ4v) is 3.06. The summed E-state index contributed by atoms with van der Waals surface area (Å²) in [5, 5.41) is 0. The molecule has 21 heavy (non-hydrogen) atoms. The highest BCUT2D eigenvalue weighted by Gasteiger charge is 2.51. The molecule has 1 heterocycles. The van der Waals surface area contributed by atoms with Crippen LogP contribution >= 0.6 is 0 Å². The Morgan fingerprint density at radius 2 is 2.05 bits per heavy atom. The van der Waals surface area contributed by atoms with Gasteiger partial charge >= 0.3 is 0 Å². The van der Waals surface area contributed by atoms with E-state index in [0.717, 1.165) is 24.2 Å². The average molecular weight is 283 g/mol. The number of hydrogen-bond donors (Lipinski definition) is 2. The van der Waals surface area contributed by atoms with Crippen LogP contribution in [0.3, 0.4) is 0 Å². The van der Waals surface area contributed by atoms with Gasteiger partial charge in [0, 0.05) is 11.6 Å². The number of benzene rings is 1. The van der Waals surface area contributed by atoms with E-state index in [1.54, 1.807) is 6.20 Å². The summed E-state index contributed by atoms with van der Waals surface area (Å²) < 4.78 is 5.55. The Kier molecular flexibility index (Phi) is 3.90. The van der Waals surface area contributed by atoms with Gasteiger partial charge in [-0.2, -0.15) is 0 Å². The highest BCUT2D eigenvalue weighted by Crippen LogP contribution is 2.56. The minimum absolute atomic E-state index is 0.0489. The van der Waals surface area contributed by atoms with Crippen molar-refractivity contribution in [3.05, 3.63) is 59.9 Å². The fourth-order valence-electron chi connectivity index (χ4n) is 3.06. The number of pyridine rings is 1. The lowest BCUT2D eigenvalue weighted by Gasteiger charge is -2.27. The number of hydrazine groups is 1. The minimum Gasteiger partial charge on any atom is -0.492 e. The molecular weight excluding hydrogens is 262 g/mol. The van der Waals surface area contributed by atoms with Crippen LogP contribution in [0.2, 0.25) is 0 Å². The van der Waals surface area contributed by atoms with Crippen LogP contribution in [0.1, 0.15) is 36.9 Å². The van der Waals surface area contributed by atoms with Crippen LogP contribution in [0, 0.1) is 0 Å². The quantitative estimate of drug-likeness (QED) is 0.632. The summed E-state index contributed by atoms with van der Waals surface area (Å²) in [6, 6.07) is 12.6. The van der Waals surface area contributed by atoms with Crippen molar-refractivity contribution < 1.29 is 4.74 Å². The lowest BCUT2D eigenvalue weighted by atomic mass is 9.85. The molecule has 1 fully saturated rings. The topological polar surface area (TPSA) is 60.2 Å². The van der Waals surface area contributed by atoms with E-state index in [0.29, 0.717) is 6.61 Å². The molecule has 2 aromatic rings. The van der Waals surface area contributed by atoms with Crippen molar-refractivity contribution in [2.75, 3.05) is 6.61 Å². The summed E-state index contributed by atoms with van der Waals surface area (Å²) >= 11 is 0. The molecule has 1 atom stereocenters. The van der Waals surface area contributed by atoms with Crippen molar-refractivity contribution >= 4 is 0 Å². The molecule has 4 heteroatoms. The molecule has 1 aromatic heterocycles. The first kappa shape index (κ1) is 14.0. The number of aromatic nitrogens is 1. The van der Waals surface area contributed by atoms with E-state index in [1.165, 1.54) is 5.56 Å². The van der Waals surface area contributed by atoms with Crippen molar-refractivity contribution in [2.45, 2.75) is 31.2 Å². The predicted octanol–water partition coefficient (Wildman–Crippen LogP) is 2.72. The van der Waals surface area contributed by atoms with Gasteiger partial charge in [0.05, 0.1) is 18.8 Å². The lowest BCUT2D eigenvalue weighted by molar-refractivity contribution is 0.337. The van der Waals surface area contributed by atoms with Crippen LogP contribution in [0.25, 0.3) is 0 Å². The number of ether oxygens (including phenoxy) is 1. The summed E-state index contributed by atoms with van der Waals surface area (Å²) in [5.41, 5.74) is 5.47. The second kappa shape index (κ2) is 5.84. The Balaban J connectivity index is 1.94. The van der Waals surface area contributed by atoms with Gasteiger partial charge in [0.15, 0.2) is 0 Å². The van der Waals surface area contributed by atoms with Crippen molar-refractivity contribution in [1.82, 2.24) is 10.4 Å². The van der Waals surface area contributed by atoms with Crippen molar-refractivity contribution in [3.8, 4) is 5.75 Å². The lowest BCUT2D eigenvalue weighted by Crippen LogP contribution is -2.36. The molecule has 1 aliphatic carbocycles. The fraction of sp³-hybridized carbons (Fsp3) is 0.353. The van der Waals surface area contributed by atoms with Crippen LogP contribution in [0.5, 0.6) is 5.75 Å². The first-order chi connectivity index (χ1) is 10.3. The zero-order chi connectivity index (χ0) is 14.7. The van der Waals surface area contributed by atoms with Crippen molar-refractivity contribution in [3.63, 3.8) is 0 Å². The molecule has 3 rings (SSSR count). The molecule has 4 nitrogen and oxygen atoms in total. The Labute approximate surface area is 125 Å². The predicted molar refractivity (Wildman–Crippen MR) is 82.8 cm³/mol. The van der Waals surface area contributed by atoms with E-state index < -0.39 is 0 Å². The van der Waals surface area contributed by atoms with E-state index in [2.05, 4.69) is 34.7 Å². The second-order valence-corrected chi connectivity index (χ2v) is 5.51. The van der Waals surface area contributed by atoms with Gasteiger partial charge in [-0.1, -0.05) is 30.3 Å². The molecule has 1 unspecified atom stereocenters. The highest BCUT2D eigenvalue weighted by atomic mass is 16.5. The number of hydrogen-bond acceptors (Lipinski definition) is 4. The second-order valence-electron chi connectivity index (χ2n) is 5.51. The van der Waals surface area contributed by atoms with Gasteiger partial charge in [0.2, 0.25) is 0 Å². The van der Waals surface area contributed by atoms with Crippen LogP contribution in [-0.4, -0.2) is 11.6 Å². The van der Waals surface area contributed by atoms with E-state index in [1.807, 2.05) is 25.3 Å². The number of nitrogens with zero attached hydrogens (tertiary/aromatic N) is 1. The maximum absolute atomic E-state index is 5.87. The molecule has 1 saturated carbocycles. The summed E-state index contributed by atoms with van der Waals surface area (Å²) in [7, 11) is 0. The maximum atomic E-state index is 5.87. The van der Waals surface area contributed by atoms with Crippen LogP contribution in [0.15, 0.2) is 48.8 Å². The average Bonchev–Trinajstić information content (AvgIpc) is 3.31. The normalized spacial score (nSPS) is 17.2. The van der Waals surface area contributed by atoms with E-state index in [-0.39, 0.29) is 11.5 Å². The molecular formula is C17H21N3O. The van der Waals surface area contributed by atoms with Gasteiger partial charge in [-0.25, -0.2) is 0 Å². The zero-order valence-electron chi connectivity index (χ0n) is 12.3. The van der Waals surface area contributed by atoms with E-state index >= 15 is 0 Å². The standard InChI is InChI=1S/C17H21N3O/c1-2-21-15-10-13(11-19-12-15)16(20-18)17(8-9-17)14-6-4-3-5-7-14/h3-7,10-12,16,20H,2,8-9,18H2,1H3. The first-order valence-electron chi connectivity index (χ1n) is 7.39. The monoisotopic (exact) mass is 283 g/mol. The molecule has 110 valence electrons. The smallest absolute Gasteiger partial charge is 0.137 e. The molecule has 0 radical (unpaired) electrons. The number of nitrogens with one attached hydrogen (secondary N) is 1. The number of rotatable bonds is 6. The van der Waals surface area contributed by atoms with Gasteiger partial charge in [-0.3, -0.25) is 16.3 Å². The molecule has 3 N–H and O–H groups in total. The molecule has 1 aromatic carbocycles. The summed E-state index contributed by atoms with van der Waals surface area (Å²) in [4.78, 5) is 4.29. The summed E-state index contributed by atoms with van der Waals surface area (Å²) in [6.45, 7) is 2.60. The third kappa shape index (κ3) is 2.64. The molecule has 0 aliphatic heterocycles. The Morgan fingerprint density at radius 3 is 2.67 bits per heavy atom. The summed E-state index contributed by atoms with van der Waals surface area (Å²) in [5.74, 6) is 6.66. The molecule has 0 bridgehead atoms. The minimum atomic E-state index is 0.0489. The van der Waals surface area contributed by atoms with Gasteiger partial charge in [-0.05, 0) is 37.0 Å². The molecule has 0 amide bonds. The van der Waals surface area contributed by atoms with Gasteiger partial charge in [0.1, 0.15) is 5.75 Å². The number of nitrogens with two attached hydrogens (primary N) is 1. The van der Waals surface area contributed by atoms with E-state index in [4.69, 9.17) is 10.6 Å². The Hall–Kier alpha value is -1.91. The van der Waals surface area contributed by atoms with Crippen LogP contribution < -0.4 is 16.0 Å². The van der Waals surface area contributed by atoms with Crippen molar-refractivity contribution in [2.24, 2.45) is 5.84 Å². The third-order valence-corrected chi connectivity index (χ3v) is 4.24. The first-order valence-corrected chi connectivity index (χ1v) is 7.39. The highest BCUT2D eigenvalue weighted by molar-refractivity contribution is 5.39. The molecule has 0 spiro atoms. The largest absolute Gasteiger partial charge is 0.492 e.